The van der Waals surface area contributed by atoms with Crippen molar-refractivity contribution in [1.29, 1.82) is 0 Å². The third kappa shape index (κ3) is 2.98. The Kier molecular flexibility index (Phi) is 4.03. The fourth-order valence-electron chi connectivity index (χ4n) is 2.52. The molecule has 0 atom stereocenters. The van der Waals surface area contributed by atoms with Gasteiger partial charge in [-0.05, 0) is 37.3 Å². The van der Waals surface area contributed by atoms with Crippen molar-refractivity contribution in [2.45, 2.75) is 32.1 Å². The molecule has 0 saturated carbocycles. The Hall–Kier alpha value is -1.73. The van der Waals surface area contributed by atoms with Crippen LogP contribution in [0.5, 0.6) is 0 Å². The number of nitrogens with zero attached hydrogens (tertiary/aromatic N) is 1. The van der Waals surface area contributed by atoms with Crippen LogP contribution in [0.4, 0.5) is 5.82 Å². The number of nitrogens with one attached hydrogen (secondary N) is 2. The van der Waals surface area contributed by atoms with Crippen molar-refractivity contribution in [3.63, 3.8) is 0 Å². The number of thiophene rings is 1. The second-order valence-corrected chi connectivity index (χ2v) is 6.67. The number of carbonyl (C=O) groups is 1. The van der Waals surface area contributed by atoms with E-state index in [0.29, 0.717) is 11.4 Å². The quantitative estimate of drug-likeness (QED) is 0.599. The van der Waals surface area contributed by atoms with E-state index >= 15 is 0 Å². The molecule has 0 saturated heterocycles. The first-order chi connectivity index (χ1) is 10.1. The van der Waals surface area contributed by atoms with Gasteiger partial charge in [-0.2, -0.15) is 5.10 Å². The van der Waals surface area contributed by atoms with Crippen LogP contribution in [0.2, 0.25) is 0 Å². The lowest BCUT2D eigenvalue weighted by molar-refractivity contribution is 0.103. The van der Waals surface area contributed by atoms with Gasteiger partial charge in [0.25, 0.3) is 5.91 Å². The first-order valence-electron chi connectivity index (χ1n) is 6.91. The molecule has 0 bridgehead atoms. The van der Waals surface area contributed by atoms with Gasteiger partial charge in [-0.3, -0.25) is 9.89 Å². The number of thiocarbonyl (C=S) groups is 1. The summed E-state index contributed by atoms with van der Waals surface area (Å²) in [5.41, 5.74) is 7.47. The summed E-state index contributed by atoms with van der Waals surface area (Å²) in [5, 5.41) is 9.38. The minimum atomic E-state index is -0.144. The average Bonchev–Trinajstić information content (AvgIpc) is 3.01. The van der Waals surface area contributed by atoms with Crippen LogP contribution in [-0.4, -0.2) is 21.1 Å². The van der Waals surface area contributed by atoms with Crippen LogP contribution in [-0.2, 0) is 12.8 Å². The molecule has 0 aromatic carbocycles. The maximum Gasteiger partial charge on any atom is 0.266 e. The molecule has 1 aliphatic carbocycles. The maximum atomic E-state index is 12.4. The molecule has 7 heteroatoms. The summed E-state index contributed by atoms with van der Waals surface area (Å²) in [6, 6.07) is 2.01. The highest BCUT2D eigenvalue weighted by Crippen LogP contribution is 2.29. The zero-order chi connectivity index (χ0) is 14.8. The lowest BCUT2D eigenvalue weighted by Crippen LogP contribution is -2.16. The molecule has 5 nitrogen and oxygen atoms in total. The lowest BCUT2D eigenvalue weighted by Gasteiger charge is -2.03. The van der Waals surface area contributed by atoms with Crippen LogP contribution in [0, 0.1) is 0 Å². The van der Waals surface area contributed by atoms with Gasteiger partial charge < -0.3 is 11.1 Å². The summed E-state index contributed by atoms with van der Waals surface area (Å²) >= 11 is 6.51. The van der Waals surface area contributed by atoms with E-state index in [1.807, 2.05) is 6.07 Å². The Balaban J connectivity index is 1.79. The molecule has 2 aromatic rings. The number of aryl methyl sites for hydroxylation is 2. The molecule has 4 N–H and O–H groups in total. The van der Waals surface area contributed by atoms with Gasteiger partial charge in [0.2, 0.25) is 0 Å². The summed E-state index contributed by atoms with van der Waals surface area (Å²) in [6.45, 7) is 0. The van der Waals surface area contributed by atoms with Crippen molar-refractivity contribution in [3.8, 4) is 0 Å². The summed E-state index contributed by atoms with van der Waals surface area (Å²) in [6.07, 6.45) is 7.35. The summed E-state index contributed by atoms with van der Waals surface area (Å²) in [4.78, 5) is 14.6. The molecule has 21 heavy (non-hydrogen) atoms. The molecular formula is C14H16N4OS2. The van der Waals surface area contributed by atoms with Crippen LogP contribution < -0.4 is 11.1 Å². The summed E-state index contributed by atoms with van der Waals surface area (Å²) in [7, 11) is 0. The fraction of sp³-hybridized carbons (Fsp3) is 0.357. The van der Waals surface area contributed by atoms with Gasteiger partial charge in [-0.1, -0.05) is 18.6 Å². The van der Waals surface area contributed by atoms with E-state index in [-0.39, 0.29) is 10.9 Å². The Morgan fingerprint density at radius 3 is 3.00 bits per heavy atom. The van der Waals surface area contributed by atoms with Crippen molar-refractivity contribution in [2.24, 2.45) is 5.73 Å². The lowest BCUT2D eigenvalue weighted by atomic mass is 10.1. The van der Waals surface area contributed by atoms with Crippen molar-refractivity contribution in [2.75, 3.05) is 5.32 Å². The number of rotatable bonds is 3. The average molecular weight is 320 g/mol. The molecule has 3 rings (SSSR count). The monoisotopic (exact) mass is 320 g/mol. The second-order valence-electron chi connectivity index (χ2n) is 5.10. The van der Waals surface area contributed by atoms with Crippen molar-refractivity contribution >= 4 is 40.3 Å². The number of H-pyrrole nitrogens is 1. The van der Waals surface area contributed by atoms with Crippen LogP contribution >= 0.6 is 23.6 Å². The largest absolute Gasteiger partial charge is 0.389 e. The van der Waals surface area contributed by atoms with Crippen molar-refractivity contribution in [3.05, 3.63) is 33.1 Å². The maximum absolute atomic E-state index is 12.4. The molecule has 2 heterocycles. The summed E-state index contributed by atoms with van der Waals surface area (Å²) < 4.78 is 0. The molecule has 0 fully saturated rings. The third-order valence-electron chi connectivity index (χ3n) is 3.61. The standard InChI is InChI=1S/C14H16N4OS2/c15-12(20)9-7-16-18-13(9)17-14(19)11-6-8-4-2-1-3-5-10(8)21-11/h6-7H,1-5H2,(H2,15,20)(H2,16,17,18,19). The Morgan fingerprint density at radius 2 is 2.19 bits per heavy atom. The van der Waals surface area contributed by atoms with E-state index in [1.54, 1.807) is 11.3 Å². The van der Waals surface area contributed by atoms with Gasteiger partial charge in [0, 0.05) is 4.88 Å². The molecule has 0 aliphatic heterocycles. The smallest absolute Gasteiger partial charge is 0.266 e. The van der Waals surface area contributed by atoms with E-state index < -0.39 is 0 Å². The van der Waals surface area contributed by atoms with E-state index in [2.05, 4.69) is 15.5 Å². The minimum Gasteiger partial charge on any atom is -0.389 e. The molecule has 1 amide bonds. The number of hydrogen-bond donors (Lipinski definition) is 3. The van der Waals surface area contributed by atoms with Gasteiger partial charge in [-0.25, -0.2) is 0 Å². The third-order valence-corrected chi connectivity index (χ3v) is 5.07. The number of hydrogen-bond acceptors (Lipinski definition) is 4. The van der Waals surface area contributed by atoms with E-state index in [4.69, 9.17) is 18.0 Å². The fourth-order valence-corrected chi connectivity index (χ4v) is 3.83. The zero-order valence-corrected chi connectivity index (χ0v) is 13.1. The number of anilines is 1. The number of carbonyl (C=O) groups excluding carboxylic acids is 1. The molecule has 110 valence electrons. The van der Waals surface area contributed by atoms with Gasteiger partial charge in [0.05, 0.1) is 16.6 Å². The number of aromatic amines is 1. The molecule has 0 radical (unpaired) electrons. The number of aromatic nitrogens is 2. The van der Waals surface area contributed by atoms with Crippen LogP contribution in [0.15, 0.2) is 12.3 Å². The molecule has 1 aliphatic rings. The normalized spacial score (nSPS) is 14.3. The SMILES string of the molecule is NC(=S)c1cn[nH]c1NC(=O)c1cc2c(s1)CCCCC2. The number of amides is 1. The number of fused-ring (bicyclic) bond motifs is 1. The topological polar surface area (TPSA) is 83.8 Å². The predicted molar refractivity (Wildman–Crippen MR) is 88.0 cm³/mol. The van der Waals surface area contributed by atoms with Gasteiger partial charge in [0.1, 0.15) is 10.8 Å². The highest BCUT2D eigenvalue weighted by molar-refractivity contribution is 7.80. The molecule has 2 aromatic heterocycles. The van der Waals surface area contributed by atoms with Crippen LogP contribution in [0.25, 0.3) is 0 Å². The minimum absolute atomic E-state index is 0.144. The van der Waals surface area contributed by atoms with Crippen LogP contribution in [0.3, 0.4) is 0 Å². The van der Waals surface area contributed by atoms with Gasteiger partial charge in [0.15, 0.2) is 0 Å². The van der Waals surface area contributed by atoms with E-state index in [9.17, 15) is 4.79 Å². The van der Waals surface area contributed by atoms with Crippen molar-refractivity contribution < 1.29 is 4.79 Å². The Labute approximate surface area is 131 Å². The molecule has 0 unspecified atom stereocenters. The first kappa shape index (κ1) is 14.2. The van der Waals surface area contributed by atoms with Crippen LogP contribution in [0.1, 0.15) is 44.9 Å². The summed E-state index contributed by atoms with van der Waals surface area (Å²) in [5.74, 6) is 0.311. The molecular weight excluding hydrogens is 304 g/mol. The highest BCUT2D eigenvalue weighted by atomic mass is 32.1. The second kappa shape index (κ2) is 5.95. The highest BCUT2D eigenvalue weighted by Gasteiger charge is 2.18. The molecule has 0 spiro atoms. The van der Waals surface area contributed by atoms with Gasteiger partial charge >= 0.3 is 0 Å². The van der Waals surface area contributed by atoms with E-state index in [0.717, 1.165) is 17.7 Å². The van der Waals surface area contributed by atoms with Crippen molar-refractivity contribution in [1.82, 2.24) is 10.2 Å². The van der Waals surface area contributed by atoms with Gasteiger partial charge in [-0.15, -0.1) is 11.3 Å². The Bertz CT molecular complexity index is 665. The van der Waals surface area contributed by atoms with E-state index in [1.165, 1.54) is 35.9 Å². The number of nitrogens with two attached hydrogens (primary N) is 1. The zero-order valence-electron chi connectivity index (χ0n) is 11.4. The Morgan fingerprint density at radius 1 is 1.38 bits per heavy atom. The first-order valence-corrected chi connectivity index (χ1v) is 8.13. The predicted octanol–water partition coefficient (Wildman–Crippen LogP) is 2.63.